The van der Waals surface area contributed by atoms with Crippen LogP contribution in [-0.2, 0) is 25.5 Å². The van der Waals surface area contributed by atoms with E-state index in [-0.39, 0.29) is 23.9 Å². The highest BCUT2D eigenvalue weighted by molar-refractivity contribution is 6.33. The number of aromatic nitrogens is 4. The van der Waals surface area contributed by atoms with Crippen molar-refractivity contribution >= 4 is 17.8 Å². The summed E-state index contributed by atoms with van der Waals surface area (Å²) in [5.74, 6) is -0.169. The molecule has 0 saturated heterocycles. The lowest BCUT2D eigenvalue weighted by atomic mass is 10.1. The van der Waals surface area contributed by atoms with Crippen LogP contribution in [0.2, 0.25) is 5.02 Å². The van der Waals surface area contributed by atoms with Crippen molar-refractivity contribution in [1.29, 1.82) is 0 Å². The standard InChI is InChI=1S/C24H20ClF4N5O3/c1-14-19(23(34(3)31-14)36-17-8-10-18(11-9-17)37-24(27,28)29)12-30-35-13-20-21(25)22(32-33(20)2)15-4-6-16(26)7-5-15/h4-12H,13H2,1-3H3/b30-12-. The highest BCUT2D eigenvalue weighted by Gasteiger charge is 2.31. The van der Waals surface area contributed by atoms with Crippen LogP contribution >= 0.6 is 11.6 Å². The monoisotopic (exact) mass is 537 g/mol. The minimum Gasteiger partial charge on any atom is -0.439 e. The van der Waals surface area contributed by atoms with Crippen molar-refractivity contribution in [2.24, 2.45) is 19.3 Å². The summed E-state index contributed by atoms with van der Waals surface area (Å²) in [6.07, 6.45) is -3.38. The van der Waals surface area contributed by atoms with Gasteiger partial charge in [0.15, 0.2) is 6.61 Å². The molecule has 0 amide bonds. The van der Waals surface area contributed by atoms with Crippen LogP contribution in [-0.4, -0.2) is 32.1 Å². The number of aryl methyl sites for hydroxylation is 3. The molecular formula is C24H20ClF4N5O3. The Kier molecular flexibility index (Phi) is 7.39. The van der Waals surface area contributed by atoms with Gasteiger partial charge in [0.05, 0.1) is 28.2 Å². The fraction of sp³-hybridized carbons (Fsp3) is 0.208. The largest absolute Gasteiger partial charge is 0.573 e. The molecule has 0 N–H and O–H groups in total. The minimum atomic E-state index is -4.78. The average Bonchev–Trinajstić information content (AvgIpc) is 3.26. The van der Waals surface area contributed by atoms with Crippen LogP contribution in [0.4, 0.5) is 17.6 Å². The van der Waals surface area contributed by atoms with Gasteiger partial charge in [0.25, 0.3) is 0 Å². The summed E-state index contributed by atoms with van der Waals surface area (Å²) in [6, 6.07) is 10.8. The number of hydrogen-bond acceptors (Lipinski definition) is 6. The smallest absolute Gasteiger partial charge is 0.439 e. The highest BCUT2D eigenvalue weighted by atomic mass is 35.5. The number of ether oxygens (including phenoxy) is 2. The molecule has 4 aromatic rings. The molecule has 0 aliphatic rings. The van der Waals surface area contributed by atoms with E-state index in [1.54, 1.807) is 37.8 Å². The van der Waals surface area contributed by atoms with Gasteiger partial charge in [-0.3, -0.25) is 4.68 Å². The van der Waals surface area contributed by atoms with E-state index in [9.17, 15) is 17.6 Å². The van der Waals surface area contributed by atoms with Crippen LogP contribution in [0.1, 0.15) is 17.0 Å². The van der Waals surface area contributed by atoms with Crippen molar-refractivity contribution in [2.45, 2.75) is 19.9 Å². The van der Waals surface area contributed by atoms with Gasteiger partial charge < -0.3 is 14.3 Å². The number of halogens is 5. The molecule has 2 heterocycles. The third kappa shape index (κ3) is 6.20. The maximum absolute atomic E-state index is 13.2. The molecule has 0 aliphatic heterocycles. The van der Waals surface area contributed by atoms with Gasteiger partial charge in [-0.2, -0.15) is 10.2 Å². The van der Waals surface area contributed by atoms with Crippen LogP contribution in [0.5, 0.6) is 17.4 Å². The molecule has 0 fully saturated rings. The Hall–Kier alpha value is -4.06. The molecule has 194 valence electrons. The Morgan fingerprint density at radius 3 is 2.27 bits per heavy atom. The molecule has 0 unspecified atom stereocenters. The summed E-state index contributed by atoms with van der Waals surface area (Å²) < 4.78 is 63.0. The third-order valence-electron chi connectivity index (χ3n) is 5.16. The Balaban J connectivity index is 1.45. The van der Waals surface area contributed by atoms with Crippen molar-refractivity contribution in [3.63, 3.8) is 0 Å². The molecule has 13 heteroatoms. The molecule has 0 radical (unpaired) electrons. The number of nitrogens with zero attached hydrogens (tertiary/aromatic N) is 5. The first kappa shape index (κ1) is 26.0. The maximum Gasteiger partial charge on any atom is 0.573 e. The van der Waals surface area contributed by atoms with Gasteiger partial charge in [0.1, 0.15) is 23.0 Å². The van der Waals surface area contributed by atoms with E-state index in [1.165, 1.54) is 35.2 Å². The maximum atomic E-state index is 13.2. The topological polar surface area (TPSA) is 75.7 Å². The van der Waals surface area contributed by atoms with Crippen molar-refractivity contribution in [3.05, 3.63) is 76.3 Å². The van der Waals surface area contributed by atoms with Crippen LogP contribution in [0.25, 0.3) is 11.3 Å². The first-order chi connectivity index (χ1) is 17.5. The fourth-order valence-electron chi connectivity index (χ4n) is 3.41. The zero-order valence-electron chi connectivity index (χ0n) is 19.8. The lowest BCUT2D eigenvalue weighted by Crippen LogP contribution is -2.16. The van der Waals surface area contributed by atoms with Gasteiger partial charge in [-0.15, -0.1) is 13.2 Å². The quantitative estimate of drug-likeness (QED) is 0.153. The number of rotatable bonds is 8. The summed E-state index contributed by atoms with van der Waals surface area (Å²) in [7, 11) is 3.34. The number of benzene rings is 2. The lowest BCUT2D eigenvalue weighted by molar-refractivity contribution is -0.274. The van der Waals surface area contributed by atoms with Crippen LogP contribution in [0, 0.1) is 12.7 Å². The number of alkyl halides is 3. The zero-order chi connectivity index (χ0) is 26.7. The number of hydrogen-bond donors (Lipinski definition) is 0. The van der Waals surface area contributed by atoms with Crippen LogP contribution in [0.3, 0.4) is 0 Å². The molecule has 4 rings (SSSR count). The van der Waals surface area contributed by atoms with Gasteiger partial charge in [0.2, 0.25) is 5.88 Å². The summed E-state index contributed by atoms with van der Waals surface area (Å²) in [5, 5.41) is 13.0. The van der Waals surface area contributed by atoms with Gasteiger partial charge in [0, 0.05) is 19.7 Å². The van der Waals surface area contributed by atoms with Crippen LogP contribution in [0.15, 0.2) is 53.7 Å². The van der Waals surface area contributed by atoms with Gasteiger partial charge in [-0.25, -0.2) is 9.07 Å². The Morgan fingerprint density at radius 1 is 0.973 bits per heavy atom. The van der Waals surface area contributed by atoms with E-state index in [4.69, 9.17) is 21.2 Å². The van der Waals surface area contributed by atoms with E-state index in [2.05, 4.69) is 20.1 Å². The molecule has 2 aromatic carbocycles. The molecule has 37 heavy (non-hydrogen) atoms. The second-order valence-corrected chi connectivity index (χ2v) is 8.17. The van der Waals surface area contributed by atoms with E-state index in [0.717, 1.165) is 12.1 Å². The van der Waals surface area contributed by atoms with Crippen molar-refractivity contribution in [2.75, 3.05) is 0 Å². The van der Waals surface area contributed by atoms with Crippen molar-refractivity contribution in [3.8, 4) is 28.6 Å². The normalized spacial score (nSPS) is 11.8. The zero-order valence-corrected chi connectivity index (χ0v) is 20.5. The predicted molar refractivity (Wildman–Crippen MR) is 127 cm³/mol. The van der Waals surface area contributed by atoms with Gasteiger partial charge >= 0.3 is 6.36 Å². The molecule has 0 atom stereocenters. The third-order valence-corrected chi connectivity index (χ3v) is 5.56. The Bertz CT molecular complexity index is 1410. The van der Waals surface area contributed by atoms with E-state index >= 15 is 0 Å². The predicted octanol–water partition coefficient (Wildman–Crippen LogP) is 6.16. The van der Waals surface area contributed by atoms with Gasteiger partial charge in [-0.1, -0.05) is 16.8 Å². The molecule has 0 spiro atoms. The molecule has 0 saturated carbocycles. The molecular weight excluding hydrogens is 518 g/mol. The van der Waals surface area contributed by atoms with Gasteiger partial charge in [-0.05, 0) is 55.5 Å². The summed E-state index contributed by atoms with van der Waals surface area (Å²) >= 11 is 6.48. The average molecular weight is 538 g/mol. The van der Waals surface area contributed by atoms with E-state index in [0.29, 0.717) is 39.1 Å². The molecule has 0 aliphatic carbocycles. The minimum absolute atomic E-state index is 0.00377. The van der Waals surface area contributed by atoms with E-state index in [1.807, 2.05) is 0 Å². The summed E-state index contributed by atoms with van der Waals surface area (Å²) in [5.41, 5.74) is 2.78. The Labute approximate surface area is 213 Å². The SMILES string of the molecule is Cc1nn(C)c(Oc2ccc(OC(F)(F)F)cc2)c1/C=N\OCc1c(Cl)c(-c2ccc(F)cc2)nn1C. The van der Waals surface area contributed by atoms with Crippen molar-refractivity contribution in [1.82, 2.24) is 19.6 Å². The molecule has 2 aromatic heterocycles. The van der Waals surface area contributed by atoms with Crippen molar-refractivity contribution < 1.29 is 31.9 Å². The first-order valence-corrected chi connectivity index (χ1v) is 11.1. The lowest BCUT2D eigenvalue weighted by Gasteiger charge is -2.10. The Morgan fingerprint density at radius 2 is 1.62 bits per heavy atom. The summed E-state index contributed by atoms with van der Waals surface area (Å²) in [6.45, 7) is 1.73. The molecule has 0 bridgehead atoms. The van der Waals surface area contributed by atoms with Crippen LogP contribution < -0.4 is 9.47 Å². The number of oxime groups is 1. The molecule has 8 nitrogen and oxygen atoms in total. The first-order valence-electron chi connectivity index (χ1n) is 10.7. The second-order valence-electron chi connectivity index (χ2n) is 7.80. The highest BCUT2D eigenvalue weighted by Crippen LogP contribution is 2.31. The van der Waals surface area contributed by atoms with E-state index < -0.39 is 6.36 Å². The second kappa shape index (κ2) is 10.5. The fourth-order valence-corrected chi connectivity index (χ4v) is 3.74. The summed E-state index contributed by atoms with van der Waals surface area (Å²) in [4.78, 5) is 5.43.